The van der Waals surface area contributed by atoms with E-state index in [0.29, 0.717) is 32.9 Å². The van der Waals surface area contributed by atoms with E-state index in [1.54, 1.807) is 0 Å². The SMILES string of the molecule is CC1=C(Cc2c(Cl)c(Cl)c(CC3=C(C)C=CC3)c(Cl)c2Cl)CC=C1. The summed E-state index contributed by atoms with van der Waals surface area (Å²) in [5, 5.41) is 2.10. The molecule has 4 heteroatoms. The van der Waals surface area contributed by atoms with E-state index >= 15 is 0 Å². The monoisotopic (exact) mass is 398 g/mol. The van der Waals surface area contributed by atoms with Crippen LogP contribution in [0.3, 0.4) is 0 Å². The zero-order chi connectivity index (χ0) is 17.4. The molecule has 0 nitrogen and oxygen atoms in total. The zero-order valence-electron chi connectivity index (χ0n) is 13.6. The summed E-state index contributed by atoms with van der Waals surface area (Å²) in [6.45, 7) is 4.20. The van der Waals surface area contributed by atoms with Crippen molar-refractivity contribution >= 4 is 46.4 Å². The van der Waals surface area contributed by atoms with Crippen LogP contribution in [-0.2, 0) is 12.8 Å². The maximum Gasteiger partial charge on any atom is 0.0646 e. The Labute approximate surface area is 163 Å². The van der Waals surface area contributed by atoms with Gasteiger partial charge in [-0.15, -0.1) is 0 Å². The lowest BCUT2D eigenvalue weighted by atomic mass is 9.97. The molecule has 2 aliphatic rings. The molecule has 0 heterocycles. The van der Waals surface area contributed by atoms with Gasteiger partial charge >= 0.3 is 0 Å². The molecule has 0 radical (unpaired) electrons. The van der Waals surface area contributed by atoms with Crippen LogP contribution >= 0.6 is 46.4 Å². The quantitative estimate of drug-likeness (QED) is 0.450. The first kappa shape index (κ1) is 18.1. The second-order valence-corrected chi connectivity index (χ2v) is 7.86. The molecule has 0 spiro atoms. The molecular weight excluding hydrogens is 382 g/mol. The van der Waals surface area contributed by atoms with E-state index in [1.165, 1.54) is 22.3 Å². The Morgan fingerprint density at radius 3 is 1.25 bits per heavy atom. The Morgan fingerprint density at radius 1 is 0.667 bits per heavy atom. The normalized spacial score (nSPS) is 16.9. The van der Waals surface area contributed by atoms with Crippen LogP contribution in [0.15, 0.2) is 46.6 Å². The van der Waals surface area contributed by atoms with Crippen molar-refractivity contribution in [3.05, 3.63) is 77.8 Å². The first-order valence-corrected chi connectivity index (χ1v) is 9.45. The smallest absolute Gasteiger partial charge is 0.0646 e. The molecule has 0 aliphatic heterocycles. The molecule has 1 aromatic carbocycles. The average molecular weight is 400 g/mol. The lowest BCUT2D eigenvalue weighted by Crippen LogP contribution is -2.00. The average Bonchev–Trinajstić information content (AvgIpc) is 3.15. The molecular formula is C20H18Cl4. The topological polar surface area (TPSA) is 0 Å². The lowest BCUT2D eigenvalue weighted by Gasteiger charge is -2.17. The Hall–Kier alpha value is -0.660. The number of benzene rings is 1. The Morgan fingerprint density at radius 2 is 1.00 bits per heavy atom. The summed E-state index contributed by atoms with van der Waals surface area (Å²) in [6, 6.07) is 0. The van der Waals surface area contributed by atoms with E-state index in [2.05, 4.69) is 38.2 Å². The summed E-state index contributed by atoms with van der Waals surface area (Å²) in [6.07, 6.45) is 11.7. The third-order valence-electron chi connectivity index (χ3n) is 4.81. The largest absolute Gasteiger partial charge is 0.0823 e. The minimum absolute atomic E-state index is 0.525. The standard InChI is InChI=1S/C20H18Cl4/c1-11-5-3-7-13(11)9-15-17(21)19(23)16(20(24)18(15)22)10-14-8-4-6-12(14)2/h3-6H,7-10H2,1-2H3. The highest BCUT2D eigenvalue weighted by atomic mass is 35.5. The molecule has 0 aromatic heterocycles. The minimum atomic E-state index is 0.525. The molecule has 0 amide bonds. The summed E-state index contributed by atoms with van der Waals surface area (Å²) in [4.78, 5) is 0. The fraction of sp³-hybridized carbons (Fsp3) is 0.300. The first-order valence-electron chi connectivity index (χ1n) is 7.94. The Balaban J connectivity index is 1.99. The van der Waals surface area contributed by atoms with Crippen LogP contribution in [0.4, 0.5) is 0 Å². The van der Waals surface area contributed by atoms with Gasteiger partial charge in [0.1, 0.15) is 0 Å². The number of hydrogen-bond acceptors (Lipinski definition) is 0. The molecule has 0 N–H and O–H groups in total. The van der Waals surface area contributed by atoms with Gasteiger partial charge in [0.25, 0.3) is 0 Å². The fourth-order valence-corrected chi connectivity index (χ4v) is 4.39. The second-order valence-electron chi connectivity index (χ2n) is 6.35. The molecule has 126 valence electrons. The van der Waals surface area contributed by atoms with Gasteiger partial charge < -0.3 is 0 Å². The van der Waals surface area contributed by atoms with Crippen molar-refractivity contribution in [2.75, 3.05) is 0 Å². The maximum absolute atomic E-state index is 6.57. The van der Waals surface area contributed by atoms with Gasteiger partial charge in [0, 0.05) is 0 Å². The van der Waals surface area contributed by atoms with Crippen LogP contribution in [-0.4, -0.2) is 0 Å². The highest BCUT2D eigenvalue weighted by Gasteiger charge is 2.23. The molecule has 0 atom stereocenters. The zero-order valence-corrected chi connectivity index (χ0v) is 16.7. The van der Waals surface area contributed by atoms with Crippen LogP contribution in [0.25, 0.3) is 0 Å². The van der Waals surface area contributed by atoms with Crippen LogP contribution in [0.2, 0.25) is 20.1 Å². The Kier molecular flexibility index (Phi) is 5.52. The van der Waals surface area contributed by atoms with Crippen LogP contribution in [0, 0.1) is 0 Å². The van der Waals surface area contributed by atoms with Gasteiger partial charge in [-0.25, -0.2) is 0 Å². The van der Waals surface area contributed by atoms with Crippen LogP contribution in [0.5, 0.6) is 0 Å². The Bertz CT molecular complexity index is 725. The third kappa shape index (κ3) is 3.35. The fourth-order valence-electron chi connectivity index (χ4n) is 3.20. The van der Waals surface area contributed by atoms with Gasteiger partial charge in [-0.05, 0) is 50.7 Å². The van der Waals surface area contributed by atoms with Crippen molar-refractivity contribution in [2.24, 2.45) is 0 Å². The third-order valence-corrected chi connectivity index (χ3v) is 6.67. The summed E-state index contributed by atoms with van der Waals surface area (Å²) in [7, 11) is 0. The van der Waals surface area contributed by atoms with Gasteiger partial charge in [0.15, 0.2) is 0 Å². The van der Waals surface area contributed by atoms with Crippen LogP contribution in [0.1, 0.15) is 37.8 Å². The van der Waals surface area contributed by atoms with Crippen molar-refractivity contribution in [3.63, 3.8) is 0 Å². The van der Waals surface area contributed by atoms with Crippen molar-refractivity contribution in [2.45, 2.75) is 39.5 Å². The molecule has 3 rings (SSSR count). The predicted octanol–water partition coefficient (Wildman–Crippen LogP) is 7.94. The minimum Gasteiger partial charge on any atom is -0.0823 e. The van der Waals surface area contributed by atoms with Gasteiger partial charge in [-0.2, -0.15) is 0 Å². The van der Waals surface area contributed by atoms with Gasteiger partial charge in [0.2, 0.25) is 0 Å². The van der Waals surface area contributed by atoms with E-state index in [-0.39, 0.29) is 0 Å². The van der Waals surface area contributed by atoms with E-state index in [9.17, 15) is 0 Å². The maximum atomic E-state index is 6.57. The number of hydrogen-bond donors (Lipinski definition) is 0. The predicted molar refractivity (Wildman–Crippen MR) is 107 cm³/mol. The summed E-state index contributed by atoms with van der Waals surface area (Å²) in [5.41, 5.74) is 6.78. The molecule has 0 unspecified atom stereocenters. The second kappa shape index (κ2) is 7.30. The molecule has 0 fully saturated rings. The van der Waals surface area contributed by atoms with E-state index in [0.717, 1.165) is 24.0 Å². The molecule has 0 bridgehead atoms. The van der Waals surface area contributed by atoms with Gasteiger partial charge in [-0.1, -0.05) is 93.0 Å². The van der Waals surface area contributed by atoms with E-state index in [1.807, 2.05) is 0 Å². The molecule has 1 aromatic rings. The molecule has 2 aliphatic carbocycles. The molecule has 24 heavy (non-hydrogen) atoms. The number of allylic oxidation sites excluding steroid dienone is 8. The highest BCUT2D eigenvalue weighted by molar-refractivity contribution is 6.49. The van der Waals surface area contributed by atoms with E-state index < -0.39 is 0 Å². The summed E-state index contributed by atoms with van der Waals surface area (Å²) in [5.74, 6) is 0. The molecule has 0 saturated carbocycles. The molecule has 0 saturated heterocycles. The number of halogens is 4. The number of rotatable bonds is 4. The van der Waals surface area contributed by atoms with Crippen LogP contribution < -0.4 is 0 Å². The van der Waals surface area contributed by atoms with Gasteiger partial charge in [-0.3, -0.25) is 0 Å². The first-order chi connectivity index (χ1) is 11.4. The summed E-state index contributed by atoms with van der Waals surface area (Å²) >= 11 is 26.3. The lowest BCUT2D eigenvalue weighted by molar-refractivity contribution is 1.04. The van der Waals surface area contributed by atoms with Crippen molar-refractivity contribution in [1.82, 2.24) is 0 Å². The van der Waals surface area contributed by atoms with Gasteiger partial charge in [0.05, 0.1) is 20.1 Å². The van der Waals surface area contributed by atoms with Crippen molar-refractivity contribution in [1.29, 1.82) is 0 Å². The highest BCUT2D eigenvalue weighted by Crippen LogP contribution is 2.44. The summed E-state index contributed by atoms with van der Waals surface area (Å²) < 4.78 is 0. The van der Waals surface area contributed by atoms with Crippen molar-refractivity contribution < 1.29 is 0 Å². The van der Waals surface area contributed by atoms with E-state index in [4.69, 9.17) is 46.4 Å². The van der Waals surface area contributed by atoms with Crippen molar-refractivity contribution in [3.8, 4) is 0 Å².